The summed E-state index contributed by atoms with van der Waals surface area (Å²) in [6, 6.07) is 18.1. The minimum atomic E-state index is -0.644. The molecule has 3 aromatic heterocycles. The number of nitrogens with zero attached hydrogens (tertiary/aromatic N) is 5. The fourth-order valence-corrected chi connectivity index (χ4v) is 4.80. The van der Waals surface area contributed by atoms with Gasteiger partial charge in [-0.05, 0) is 55.5 Å². The highest BCUT2D eigenvalue weighted by atomic mass is 32.2. The van der Waals surface area contributed by atoms with Gasteiger partial charge < -0.3 is 8.83 Å². The molecular formula is C25H17N5O4S. The van der Waals surface area contributed by atoms with Crippen LogP contribution in [0.15, 0.2) is 80.9 Å². The van der Waals surface area contributed by atoms with Gasteiger partial charge in [0.1, 0.15) is 22.2 Å². The van der Waals surface area contributed by atoms with E-state index >= 15 is 0 Å². The first-order valence-electron chi connectivity index (χ1n) is 10.8. The second-order valence-corrected chi connectivity index (χ2v) is 9.12. The van der Waals surface area contributed by atoms with Crippen LogP contribution in [0.2, 0.25) is 0 Å². The second kappa shape index (κ2) is 8.48. The SMILES string of the molecule is Cc1ccc(-c2cnnc(SC3CC(=O)N(c4ccc(-c5nc6ccccc6o5)cc4)C3=O)n2)o1. The number of amides is 2. The molecule has 9 nitrogen and oxygen atoms in total. The van der Waals surface area contributed by atoms with Crippen molar-refractivity contribution < 1.29 is 18.4 Å². The summed E-state index contributed by atoms with van der Waals surface area (Å²) in [5.74, 6) is 1.18. The maximum Gasteiger partial charge on any atom is 0.247 e. The van der Waals surface area contributed by atoms with Crippen molar-refractivity contribution in [2.45, 2.75) is 23.8 Å². The zero-order chi connectivity index (χ0) is 23.9. The smallest absolute Gasteiger partial charge is 0.247 e. The third-order valence-electron chi connectivity index (χ3n) is 5.55. The van der Waals surface area contributed by atoms with Crippen LogP contribution in [0.3, 0.4) is 0 Å². The van der Waals surface area contributed by atoms with Gasteiger partial charge in [-0.1, -0.05) is 23.9 Å². The predicted octanol–water partition coefficient (Wildman–Crippen LogP) is 4.67. The molecule has 1 aliphatic rings. The molecule has 0 bridgehead atoms. The fraction of sp³-hybridized carbons (Fsp3) is 0.120. The number of thioether (sulfide) groups is 1. The zero-order valence-electron chi connectivity index (χ0n) is 18.4. The highest BCUT2D eigenvalue weighted by molar-refractivity contribution is 8.00. The molecule has 1 unspecified atom stereocenters. The Balaban J connectivity index is 1.20. The van der Waals surface area contributed by atoms with Crippen molar-refractivity contribution in [1.82, 2.24) is 20.2 Å². The summed E-state index contributed by atoms with van der Waals surface area (Å²) in [4.78, 5) is 36.0. The number of fused-ring (bicyclic) bond motifs is 1. The minimum Gasteiger partial charge on any atom is -0.460 e. The zero-order valence-corrected chi connectivity index (χ0v) is 19.2. The molecule has 10 heteroatoms. The van der Waals surface area contributed by atoms with Crippen LogP contribution in [0.1, 0.15) is 12.2 Å². The van der Waals surface area contributed by atoms with Gasteiger partial charge in [0.15, 0.2) is 11.3 Å². The van der Waals surface area contributed by atoms with E-state index in [1.807, 2.05) is 37.3 Å². The molecule has 172 valence electrons. The molecule has 0 saturated carbocycles. The normalized spacial score (nSPS) is 15.9. The number of rotatable bonds is 5. The summed E-state index contributed by atoms with van der Waals surface area (Å²) in [5.41, 5.74) is 3.21. The van der Waals surface area contributed by atoms with E-state index in [-0.39, 0.29) is 18.2 Å². The first kappa shape index (κ1) is 21.2. The van der Waals surface area contributed by atoms with Crippen molar-refractivity contribution in [2.24, 2.45) is 0 Å². The third kappa shape index (κ3) is 3.97. The Morgan fingerprint density at radius 2 is 1.80 bits per heavy atom. The van der Waals surface area contributed by atoms with E-state index in [9.17, 15) is 9.59 Å². The van der Waals surface area contributed by atoms with Gasteiger partial charge in [-0.3, -0.25) is 9.59 Å². The van der Waals surface area contributed by atoms with Crippen molar-refractivity contribution in [2.75, 3.05) is 4.90 Å². The summed E-state index contributed by atoms with van der Waals surface area (Å²) >= 11 is 1.12. The van der Waals surface area contributed by atoms with Crippen LogP contribution in [-0.2, 0) is 9.59 Å². The lowest BCUT2D eigenvalue weighted by molar-refractivity contribution is -0.121. The standard InChI is InChI=1S/C25H17N5O4S/c1-14-6-11-20(33-14)18-13-26-29-25(28-18)35-21-12-22(31)30(24(21)32)16-9-7-15(8-10-16)23-27-17-4-2-3-5-19(17)34-23/h2-11,13,21H,12H2,1H3. The molecule has 1 atom stereocenters. The van der Waals surface area contributed by atoms with Crippen molar-refractivity contribution in [3.8, 4) is 22.9 Å². The van der Waals surface area contributed by atoms with Crippen LogP contribution >= 0.6 is 11.8 Å². The number of furan rings is 1. The Morgan fingerprint density at radius 3 is 2.57 bits per heavy atom. The number of hydrogen-bond acceptors (Lipinski definition) is 9. The average Bonchev–Trinajstić information content (AvgIpc) is 3.57. The van der Waals surface area contributed by atoms with E-state index in [0.29, 0.717) is 33.8 Å². The lowest BCUT2D eigenvalue weighted by Gasteiger charge is -2.15. The Labute approximate surface area is 203 Å². The van der Waals surface area contributed by atoms with E-state index in [4.69, 9.17) is 8.83 Å². The molecule has 0 aliphatic carbocycles. The first-order chi connectivity index (χ1) is 17.0. The quantitative estimate of drug-likeness (QED) is 0.329. The number of aromatic nitrogens is 4. The van der Waals surface area contributed by atoms with Crippen molar-refractivity contribution in [3.63, 3.8) is 0 Å². The number of aryl methyl sites for hydroxylation is 1. The van der Waals surface area contributed by atoms with Crippen LogP contribution in [0, 0.1) is 6.92 Å². The third-order valence-corrected chi connectivity index (χ3v) is 6.59. The molecule has 5 aromatic rings. The summed E-state index contributed by atoms with van der Waals surface area (Å²) in [5, 5.41) is 7.64. The minimum absolute atomic E-state index is 0.0455. The Morgan fingerprint density at radius 1 is 0.971 bits per heavy atom. The largest absolute Gasteiger partial charge is 0.460 e. The molecule has 0 N–H and O–H groups in total. The molecule has 0 radical (unpaired) electrons. The molecule has 0 spiro atoms. The topological polar surface area (TPSA) is 115 Å². The van der Waals surface area contributed by atoms with Crippen LogP contribution in [0.4, 0.5) is 5.69 Å². The molecule has 1 saturated heterocycles. The fourth-order valence-electron chi connectivity index (χ4n) is 3.87. The van der Waals surface area contributed by atoms with Gasteiger partial charge in [0.2, 0.25) is 22.9 Å². The van der Waals surface area contributed by atoms with E-state index in [0.717, 1.165) is 28.6 Å². The maximum absolute atomic E-state index is 13.1. The van der Waals surface area contributed by atoms with Gasteiger partial charge in [-0.15, -0.1) is 5.10 Å². The molecule has 1 fully saturated rings. The lowest BCUT2D eigenvalue weighted by Crippen LogP contribution is -2.31. The van der Waals surface area contributed by atoms with Crippen molar-refractivity contribution >= 4 is 40.4 Å². The van der Waals surface area contributed by atoms with Crippen molar-refractivity contribution in [1.29, 1.82) is 0 Å². The number of anilines is 1. The summed E-state index contributed by atoms with van der Waals surface area (Å²) < 4.78 is 11.4. The summed E-state index contributed by atoms with van der Waals surface area (Å²) in [7, 11) is 0. The Bertz CT molecular complexity index is 1540. The molecular weight excluding hydrogens is 466 g/mol. The van der Waals surface area contributed by atoms with E-state index in [2.05, 4.69) is 20.2 Å². The van der Waals surface area contributed by atoms with Crippen LogP contribution in [-0.4, -0.2) is 37.2 Å². The molecule has 6 rings (SSSR count). The monoisotopic (exact) mass is 483 g/mol. The Hall–Kier alpha value is -4.31. The average molecular weight is 484 g/mol. The van der Waals surface area contributed by atoms with Gasteiger partial charge >= 0.3 is 0 Å². The van der Waals surface area contributed by atoms with E-state index in [1.165, 1.54) is 11.1 Å². The van der Waals surface area contributed by atoms with E-state index < -0.39 is 5.25 Å². The number of hydrogen-bond donors (Lipinski definition) is 0. The maximum atomic E-state index is 13.1. The Kier molecular flexibility index (Phi) is 5.14. The number of benzene rings is 2. The first-order valence-corrected chi connectivity index (χ1v) is 11.7. The van der Waals surface area contributed by atoms with Gasteiger partial charge in [-0.25, -0.2) is 14.9 Å². The van der Waals surface area contributed by atoms with Gasteiger partial charge in [0, 0.05) is 12.0 Å². The molecule has 4 heterocycles. The highest BCUT2D eigenvalue weighted by Crippen LogP contribution is 2.34. The van der Waals surface area contributed by atoms with Crippen LogP contribution in [0.25, 0.3) is 34.0 Å². The van der Waals surface area contributed by atoms with Crippen LogP contribution < -0.4 is 4.90 Å². The van der Waals surface area contributed by atoms with Gasteiger partial charge in [0.25, 0.3) is 0 Å². The summed E-state index contributed by atoms with van der Waals surface area (Å²) in [6.07, 6.45) is 1.54. The number of oxazole rings is 1. The van der Waals surface area contributed by atoms with Gasteiger partial charge in [-0.2, -0.15) is 5.10 Å². The van der Waals surface area contributed by atoms with Gasteiger partial charge in [0.05, 0.1) is 11.9 Å². The number of imide groups is 1. The predicted molar refractivity (Wildman–Crippen MR) is 128 cm³/mol. The molecule has 2 amide bonds. The lowest BCUT2D eigenvalue weighted by atomic mass is 10.2. The van der Waals surface area contributed by atoms with Crippen LogP contribution in [0.5, 0.6) is 0 Å². The number of para-hydroxylation sites is 2. The molecule has 1 aliphatic heterocycles. The van der Waals surface area contributed by atoms with Crippen molar-refractivity contribution in [3.05, 3.63) is 72.6 Å². The summed E-state index contributed by atoms with van der Waals surface area (Å²) in [6.45, 7) is 1.84. The second-order valence-electron chi connectivity index (χ2n) is 7.95. The molecule has 35 heavy (non-hydrogen) atoms. The molecule has 2 aromatic carbocycles. The number of carbonyl (C=O) groups is 2. The number of carbonyl (C=O) groups excluding carboxylic acids is 2. The van der Waals surface area contributed by atoms with E-state index in [1.54, 1.807) is 30.3 Å². The highest BCUT2D eigenvalue weighted by Gasteiger charge is 2.40.